The largest absolute Gasteiger partial charge is 0.507 e. The monoisotopic (exact) mass is 626 g/mol. The Hall–Kier alpha value is -3.29. The number of aliphatic hydroxyl groups is 7. The quantitative estimate of drug-likeness (QED) is 0.158. The van der Waals surface area contributed by atoms with E-state index in [1.807, 2.05) is 0 Å². The van der Waals surface area contributed by atoms with E-state index in [0.717, 1.165) is 6.07 Å². The molecule has 2 fully saturated rings. The number of ether oxygens (including phenoxy) is 6. The van der Waals surface area contributed by atoms with E-state index in [0.29, 0.717) is 0 Å². The zero-order valence-corrected chi connectivity index (χ0v) is 23.4. The number of ketones is 1. The molecular formula is C28H34O16. The van der Waals surface area contributed by atoms with Crippen LogP contribution in [0.5, 0.6) is 28.7 Å². The first-order valence-corrected chi connectivity index (χ1v) is 13.6. The van der Waals surface area contributed by atoms with Crippen molar-refractivity contribution in [3.8, 4) is 28.7 Å². The lowest BCUT2D eigenvalue weighted by Crippen LogP contribution is -2.64. The van der Waals surface area contributed by atoms with Crippen LogP contribution in [0.1, 0.15) is 28.9 Å². The third kappa shape index (κ3) is 5.77. The molecule has 0 aromatic heterocycles. The third-order valence-corrected chi connectivity index (χ3v) is 7.82. The van der Waals surface area contributed by atoms with Crippen LogP contribution in [-0.2, 0) is 14.2 Å². The molecule has 16 nitrogen and oxygen atoms in total. The van der Waals surface area contributed by atoms with Crippen molar-refractivity contribution in [1.82, 2.24) is 0 Å². The smallest absolute Gasteiger partial charge is 0.229 e. The first-order chi connectivity index (χ1) is 20.9. The fourth-order valence-corrected chi connectivity index (χ4v) is 5.32. The topological polar surface area (TPSA) is 255 Å². The Morgan fingerprint density at radius 2 is 1.57 bits per heavy atom. The number of aliphatic hydroxyl groups excluding tert-OH is 7. The lowest BCUT2D eigenvalue weighted by molar-refractivity contribution is -0.354. The van der Waals surface area contributed by atoms with Gasteiger partial charge in [-0.05, 0) is 24.6 Å². The summed E-state index contributed by atoms with van der Waals surface area (Å²) in [6.45, 7) is 0.653. The summed E-state index contributed by atoms with van der Waals surface area (Å²) in [7, 11) is 1.34. The van der Waals surface area contributed by atoms with Gasteiger partial charge in [-0.2, -0.15) is 0 Å². The van der Waals surface area contributed by atoms with Crippen LogP contribution in [0.25, 0.3) is 0 Å². The number of hydrogen-bond acceptors (Lipinski definition) is 16. The maximum Gasteiger partial charge on any atom is 0.229 e. The maximum absolute atomic E-state index is 13.0. The summed E-state index contributed by atoms with van der Waals surface area (Å²) in [5.74, 6) is -2.11. The first-order valence-electron chi connectivity index (χ1n) is 13.6. The number of Topliss-reactive ketones (excluding diaryl/α,β-unsaturated/α-hetero) is 1. The minimum atomic E-state index is -1.80. The van der Waals surface area contributed by atoms with Crippen molar-refractivity contribution in [2.45, 2.75) is 80.5 Å². The summed E-state index contributed by atoms with van der Waals surface area (Å²) in [6.07, 6.45) is -18.8. The Bertz CT molecular complexity index is 1350. The maximum atomic E-state index is 13.0. The standard InChI is InChI=1S/C28H34O16/c1-9-18(32)21(35)24(38)27(40-9)44-26-22(36)19(33)16(8-29)43-28(26)41-11-6-13(31)17-15(7-11)42-25(23(37)20(17)34)10-3-4-14(39-2)12(30)5-10/h3-7,9,16,18-19,21-33,35-38H,8H2,1-2H3/t9-,16+,18-,19+,21+,22-,23?,24+,25?,26+,27-,28+/m0/s1. The Kier molecular flexibility index (Phi) is 9.20. The SMILES string of the molecule is COc1ccc(C2Oc3cc(O[C@@H]4O[C@H](CO)[C@@H](O)[C@H](O)[C@H]4O[C@@H]4O[C@@H](C)[C@H](O)[C@@H](O)[C@H]4O)cc(O)c3C(=O)C2O)cc1O. The van der Waals surface area contributed by atoms with Gasteiger partial charge in [0.05, 0.1) is 19.8 Å². The van der Waals surface area contributed by atoms with Gasteiger partial charge in [-0.15, -0.1) is 0 Å². The van der Waals surface area contributed by atoms with Gasteiger partial charge >= 0.3 is 0 Å². The van der Waals surface area contributed by atoms with Crippen molar-refractivity contribution >= 4 is 5.78 Å². The summed E-state index contributed by atoms with van der Waals surface area (Å²) in [5, 5.41) is 93.1. The van der Waals surface area contributed by atoms with E-state index < -0.39 is 91.8 Å². The highest BCUT2D eigenvalue weighted by molar-refractivity contribution is 6.05. The van der Waals surface area contributed by atoms with E-state index in [-0.39, 0.29) is 34.1 Å². The summed E-state index contributed by atoms with van der Waals surface area (Å²) >= 11 is 0. The highest BCUT2D eigenvalue weighted by atomic mass is 16.8. The number of rotatable bonds is 7. The molecule has 2 aromatic carbocycles. The van der Waals surface area contributed by atoms with Gasteiger partial charge in [0.1, 0.15) is 59.4 Å². The molecule has 3 aliphatic heterocycles. The number of aromatic hydroxyl groups is 2. The lowest BCUT2D eigenvalue weighted by atomic mass is 9.92. The molecule has 2 aromatic rings. The molecule has 0 aliphatic carbocycles. The van der Waals surface area contributed by atoms with Crippen LogP contribution in [0, 0.1) is 0 Å². The van der Waals surface area contributed by atoms with Crippen LogP contribution >= 0.6 is 0 Å². The number of methoxy groups -OCH3 is 1. The average Bonchev–Trinajstić information content (AvgIpc) is 2.99. The molecule has 0 bridgehead atoms. The number of hydrogen-bond donors (Lipinski definition) is 9. The van der Waals surface area contributed by atoms with Crippen molar-refractivity contribution in [3.05, 3.63) is 41.5 Å². The van der Waals surface area contributed by atoms with E-state index in [9.17, 15) is 50.8 Å². The van der Waals surface area contributed by atoms with Crippen molar-refractivity contribution in [3.63, 3.8) is 0 Å². The normalized spacial score (nSPS) is 37.2. The Labute approximate surface area is 249 Å². The minimum Gasteiger partial charge on any atom is -0.507 e. The molecule has 16 heteroatoms. The molecule has 0 saturated carbocycles. The molecule has 0 radical (unpaired) electrons. The molecular weight excluding hydrogens is 592 g/mol. The number of carbonyl (C=O) groups is 1. The van der Waals surface area contributed by atoms with Gasteiger partial charge in [0.2, 0.25) is 12.1 Å². The lowest BCUT2D eigenvalue weighted by Gasteiger charge is -2.45. The zero-order valence-electron chi connectivity index (χ0n) is 23.4. The zero-order chi connectivity index (χ0) is 32.0. The van der Waals surface area contributed by atoms with Crippen LogP contribution in [0.3, 0.4) is 0 Å². The average molecular weight is 627 g/mol. The second kappa shape index (κ2) is 12.6. The van der Waals surface area contributed by atoms with E-state index in [4.69, 9.17) is 28.4 Å². The Balaban J connectivity index is 1.43. The molecule has 44 heavy (non-hydrogen) atoms. The third-order valence-electron chi connectivity index (χ3n) is 7.82. The molecule has 9 N–H and O–H groups in total. The molecule has 2 unspecified atom stereocenters. The number of phenolic OH excluding ortho intramolecular Hbond substituents is 2. The summed E-state index contributed by atoms with van der Waals surface area (Å²) in [5.41, 5.74) is -0.152. The summed E-state index contributed by atoms with van der Waals surface area (Å²) in [4.78, 5) is 13.0. The predicted octanol–water partition coefficient (Wildman–Crippen LogP) is -2.19. The second-order valence-electron chi connectivity index (χ2n) is 10.7. The number of phenols is 2. The van der Waals surface area contributed by atoms with Crippen LogP contribution in [0.2, 0.25) is 0 Å². The van der Waals surface area contributed by atoms with Gasteiger partial charge in [0.15, 0.2) is 36.1 Å². The van der Waals surface area contributed by atoms with Crippen molar-refractivity contribution in [1.29, 1.82) is 0 Å². The molecule has 5 rings (SSSR count). The van der Waals surface area contributed by atoms with Gasteiger partial charge in [0, 0.05) is 12.1 Å². The van der Waals surface area contributed by atoms with E-state index >= 15 is 0 Å². The van der Waals surface area contributed by atoms with Gasteiger partial charge in [-0.1, -0.05) is 6.07 Å². The van der Waals surface area contributed by atoms with Crippen molar-refractivity contribution in [2.24, 2.45) is 0 Å². The van der Waals surface area contributed by atoms with Gasteiger partial charge in [-0.25, -0.2) is 0 Å². The molecule has 242 valence electrons. The van der Waals surface area contributed by atoms with Crippen LogP contribution in [-0.4, -0.2) is 133 Å². The first kappa shape index (κ1) is 32.1. The Morgan fingerprint density at radius 3 is 2.23 bits per heavy atom. The van der Waals surface area contributed by atoms with Crippen LogP contribution in [0.4, 0.5) is 0 Å². The number of fused-ring (bicyclic) bond motifs is 1. The minimum absolute atomic E-state index is 0.142. The fraction of sp³-hybridized carbons (Fsp3) is 0.536. The van der Waals surface area contributed by atoms with Gasteiger partial charge in [0.25, 0.3) is 0 Å². The van der Waals surface area contributed by atoms with Crippen LogP contribution in [0.15, 0.2) is 30.3 Å². The Morgan fingerprint density at radius 1 is 0.841 bits per heavy atom. The summed E-state index contributed by atoms with van der Waals surface area (Å²) < 4.78 is 33.4. The number of benzene rings is 2. The van der Waals surface area contributed by atoms with Crippen LogP contribution < -0.4 is 14.2 Å². The molecule has 3 aliphatic rings. The van der Waals surface area contributed by atoms with Gasteiger partial charge in [-0.3, -0.25) is 4.79 Å². The summed E-state index contributed by atoms with van der Waals surface area (Å²) in [6, 6.07) is 6.27. The highest BCUT2D eigenvalue weighted by Crippen LogP contribution is 2.44. The van der Waals surface area contributed by atoms with E-state index in [1.165, 1.54) is 38.3 Å². The van der Waals surface area contributed by atoms with Crippen molar-refractivity contribution < 1.29 is 79.2 Å². The second-order valence-corrected chi connectivity index (χ2v) is 10.7. The van der Waals surface area contributed by atoms with E-state index in [1.54, 1.807) is 0 Å². The van der Waals surface area contributed by atoms with Crippen molar-refractivity contribution in [2.75, 3.05) is 13.7 Å². The molecule has 0 amide bonds. The molecule has 12 atom stereocenters. The molecule has 2 saturated heterocycles. The van der Waals surface area contributed by atoms with E-state index in [2.05, 4.69) is 0 Å². The van der Waals surface area contributed by atoms with Gasteiger partial charge < -0.3 is 74.4 Å². The molecule has 3 heterocycles. The predicted molar refractivity (Wildman–Crippen MR) is 142 cm³/mol. The number of carbonyl (C=O) groups excluding carboxylic acids is 1. The highest BCUT2D eigenvalue weighted by Gasteiger charge is 2.51. The molecule has 0 spiro atoms. The fourth-order valence-electron chi connectivity index (χ4n) is 5.32.